The van der Waals surface area contributed by atoms with Gasteiger partial charge in [0.05, 0.1) is 11.7 Å². The highest BCUT2D eigenvalue weighted by Crippen LogP contribution is 2.20. The first-order valence-corrected chi connectivity index (χ1v) is 5.11. The molecule has 1 aliphatic heterocycles. The molecule has 0 amide bonds. The molecule has 0 bridgehead atoms. The van der Waals surface area contributed by atoms with Gasteiger partial charge in [-0.1, -0.05) is 26.0 Å². The van der Waals surface area contributed by atoms with Crippen LogP contribution in [0.5, 0.6) is 0 Å². The van der Waals surface area contributed by atoms with Gasteiger partial charge in [0.1, 0.15) is 0 Å². The van der Waals surface area contributed by atoms with Crippen molar-refractivity contribution in [2.45, 2.75) is 32.7 Å². The van der Waals surface area contributed by atoms with Crippen molar-refractivity contribution >= 4 is 12.3 Å². The standard InChI is InChI=1S/C12H16N2/c1-8(2)11-6-10-5-4-9(3)13-7-12(10)14-11/h4-9,14H,1-3H3. The molecule has 1 atom stereocenters. The van der Waals surface area contributed by atoms with Gasteiger partial charge in [-0.2, -0.15) is 0 Å². The highest BCUT2D eigenvalue weighted by molar-refractivity contribution is 5.85. The first-order valence-electron chi connectivity index (χ1n) is 5.11. The van der Waals surface area contributed by atoms with Gasteiger partial charge in [-0.05, 0) is 18.9 Å². The number of hydrogen-bond acceptors (Lipinski definition) is 1. The average molecular weight is 188 g/mol. The Morgan fingerprint density at radius 1 is 1.43 bits per heavy atom. The Morgan fingerprint density at radius 2 is 2.21 bits per heavy atom. The number of aromatic nitrogens is 1. The fourth-order valence-electron chi connectivity index (χ4n) is 1.55. The highest BCUT2D eigenvalue weighted by atomic mass is 14.8. The summed E-state index contributed by atoms with van der Waals surface area (Å²) in [6, 6.07) is 2.50. The van der Waals surface area contributed by atoms with Crippen LogP contribution >= 0.6 is 0 Å². The van der Waals surface area contributed by atoms with Crippen molar-refractivity contribution in [3.8, 4) is 0 Å². The first-order chi connectivity index (χ1) is 6.66. The van der Waals surface area contributed by atoms with Crippen molar-refractivity contribution in [3.05, 3.63) is 29.1 Å². The van der Waals surface area contributed by atoms with Crippen LogP contribution < -0.4 is 0 Å². The van der Waals surface area contributed by atoms with Crippen molar-refractivity contribution in [1.82, 2.24) is 4.98 Å². The summed E-state index contributed by atoms with van der Waals surface area (Å²) in [7, 11) is 0. The van der Waals surface area contributed by atoms with Crippen LogP contribution in [0.2, 0.25) is 0 Å². The van der Waals surface area contributed by atoms with E-state index >= 15 is 0 Å². The lowest BCUT2D eigenvalue weighted by Crippen LogP contribution is -1.92. The summed E-state index contributed by atoms with van der Waals surface area (Å²) in [5.41, 5.74) is 3.66. The number of fused-ring (bicyclic) bond motifs is 1. The van der Waals surface area contributed by atoms with E-state index < -0.39 is 0 Å². The van der Waals surface area contributed by atoms with Gasteiger partial charge < -0.3 is 4.98 Å². The summed E-state index contributed by atoms with van der Waals surface area (Å²) in [6.07, 6.45) is 6.21. The molecule has 1 unspecified atom stereocenters. The maximum Gasteiger partial charge on any atom is 0.0655 e. The molecule has 0 saturated carbocycles. The fraction of sp³-hybridized carbons (Fsp3) is 0.417. The van der Waals surface area contributed by atoms with Gasteiger partial charge in [0, 0.05) is 17.5 Å². The molecular weight excluding hydrogens is 172 g/mol. The Kier molecular flexibility index (Phi) is 2.28. The zero-order valence-electron chi connectivity index (χ0n) is 8.91. The van der Waals surface area contributed by atoms with Crippen molar-refractivity contribution < 1.29 is 0 Å². The largest absolute Gasteiger partial charge is 0.357 e. The second kappa shape index (κ2) is 3.45. The van der Waals surface area contributed by atoms with Gasteiger partial charge in [0.25, 0.3) is 0 Å². The normalized spacial score (nSPS) is 19.9. The molecule has 1 N–H and O–H groups in total. The SMILES string of the molecule is CC1C=Cc2cc(C(C)C)[nH]c2C=N1. The molecule has 1 aromatic rings. The van der Waals surface area contributed by atoms with Crippen LogP contribution in [0.15, 0.2) is 17.1 Å². The second-order valence-electron chi connectivity index (χ2n) is 4.13. The average Bonchev–Trinajstić information content (AvgIpc) is 2.48. The van der Waals surface area contributed by atoms with Gasteiger partial charge >= 0.3 is 0 Å². The van der Waals surface area contributed by atoms with Crippen molar-refractivity contribution in [3.63, 3.8) is 0 Å². The minimum Gasteiger partial charge on any atom is -0.357 e. The van der Waals surface area contributed by atoms with Crippen LogP contribution in [-0.4, -0.2) is 17.2 Å². The smallest absolute Gasteiger partial charge is 0.0655 e. The zero-order chi connectivity index (χ0) is 10.1. The molecule has 2 heterocycles. The Balaban J connectivity index is 2.41. The quantitative estimate of drug-likeness (QED) is 0.702. The molecule has 1 aromatic heterocycles. The van der Waals surface area contributed by atoms with E-state index in [0.29, 0.717) is 12.0 Å². The van der Waals surface area contributed by atoms with Crippen LogP contribution in [0.25, 0.3) is 6.08 Å². The lowest BCUT2D eigenvalue weighted by molar-refractivity contribution is 0.831. The molecule has 0 aromatic carbocycles. The van der Waals surface area contributed by atoms with E-state index in [1.807, 2.05) is 6.21 Å². The number of hydrogen-bond donors (Lipinski definition) is 1. The van der Waals surface area contributed by atoms with Crippen LogP contribution in [0, 0.1) is 0 Å². The highest BCUT2D eigenvalue weighted by Gasteiger charge is 2.09. The van der Waals surface area contributed by atoms with Gasteiger partial charge in [0.2, 0.25) is 0 Å². The second-order valence-corrected chi connectivity index (χ2v) is 4.13. The molecular formula is C12H16N2. The van der Waals surface area contributed by atoms with Crippen molar-refractivity contribution in [1.29, 1.82) is 0 Å². The maximum atomic E-state index is 4.39. The van der Waals surface area contributed by atoms with E-state index in [9.17, 15) is 0 Å². The van der Waals surface area contributed by atoms with Crippen LogP contribution in [-0.2, 0) is 0 Å². The predicted octanol–water partition coefficient (Wildman–Crippen LogP) is 2.97. The zero-order valence-corrected chi connectivity index (χ0v) is 8.91. The molecule has 0 radical (unpaired) electrons. The van der Waals surface area contributed by atoms with E-state index in [0.717, 1.165) is 5.69 Å². The first kappa shape index (κ1) is 9.25. The summed E-state index contributed by atoms with van der Waals surface area (Å²) in [4.78, 5) is 7.79. The predicted molar refractivity (Wildman–Crippen MR) is 61.0 cm³/mol. The number of nitrogens with one attached hydrogen (secondary N) is 1. The Hall–Kier alpha value is -1.31. The van der Waals surface area contributed by atoms with E-state index in [1.165, 1.54) is 11.3 Å². The number of nitrogens with zero attached hydrogens (tertiary/aromatic N) is 1. The summed E-state index contributed by atoms with van der Waals surface area (Å²) in [6.45, 7) is 6.46. The number of aliphatic imine (C=N–C) groups is 1. The van der Waals surface area contributed by atoms with Gasteiger partial charge in [-0.15, -0.1) is 0 Å². The lowest BCUT2D eigenvalue weighted by atomic mass is 10.1. The molecule has 2 heteroatoms. The molecule has 2 nitrogen and oxygen atoms in total. The minimum absolute atomic E-state index is 0.290. The number of rotatable bonds is 1. The third kappa shape index (κ3) is 1.65. The molecule has 0 spiro atoms. The Morgan fingerprint density at radius 3 is 2.93 bits per heavy atom. The minimum atomic E-state index is 0.290. The third-order valence-corrected chi connectivity index (χ3v) is 2.52. The summed E-state index contributed by atoms with van der Waals surface area (Å²) in [5, 5.41) is 0. The molecule has 2 rings (SSSR count). The van der Waals surface area contributed by atoms with Crippen molar-refractivity contribution in [2.24, 2.45) is 4.99 Å². The molecule has 0 fully saturated rings. The topological polar surface area (TPSA) is 28.1 Å². The monoisotopic (exact) mass is 188 g/mol. The summed E-state index contributed by atoms with van der Waals surface area (Å²) in [5.74, 6) is 0.543. The Bertz CT molecular complexity index is 352. The molecule has 1 aliphatic rings. The number of H-pyrrole nitrogens is 1. The molecule has 74 valence electrons. The van der Waals surface area contributed by atoms with Crippen LogP contribution in [0.3, 0.4) is 0 Å². The summed E-state index contributed by atoms with van der Waals surface area (Å²) < 4.78 is 0. The molecule has 0 aliphatic carbocycles. The number of aromatic amines is 1. The van der Waals surface area contributed by atoms with E-state index in [2.05, 4.69) is 49.0 Å². The van der Waals surface area contributed by atoms with E-state index in [4.69, 9.17) is 0 Å². The van der Waals surface area contributed by atoms with Crippen LogP contribution in [0.1, 0.15) is 43.6 Å². The van der Waals surface area contributed by atoms with Crippen LogP contribution in [0.4, 0.5) is 0 Å². The summed E-state index contributed by atoms with van der Waals surface area (Å²) >= 11 is 0. The molecule has 14 heavy (non-hydrogen) atoms. The lowest BCUT2D eigenvalue weighted by Gasteiger charge is -1.99. The maximum absolute atomic E-state index is 4.39. The van der Waals surface area contributed by atoms with Crippen molar-refractivity contribution in [2.75, 3.05) is 0 Å². The fourth-order valence-corrected chi connectivity index (χ4v) is 1.55. The van der Waals surface area contributed by atoms with E-state index in [-0.39, 0.29) is 0 Å². The van der Waals surface area contributed by atoms with E-state index in [1.54, 1.807) is 0 Å². The third-order valence-electron chi connectivity index (χ3n) is 2.52. The van der Waals surface area contributed by atoms with Gasteiger partial charge in [-0.25, -0.2) is 0 Å². The van der Waals surface area contributed by atoms with Gasteiger partial charge in [0.15, 0.2) is 0 Å². The molecule has 0 saturated heterocycles. The van der Waals surface area contributed by atoms with Gasteiger partial charge in [-0.3, -0.25) is 4.99 Å². The Labute approximate surface area is 84.8 Å².